The van der Waals surface area contributed by atoms with E-state index in [0.29, 0.717) is 0 Å². The first-order valence-electron chi connectivity index (χ1n) is 3.10. The molecule has 11 heavy (non-hydrogen) atoms. The predicted molar refractivity (Wildman–Crippen MR) is 46.4 cm³/mol. The first-order chi connectivity index (χ1) is 4.47. The summed E-state index contributed by atoms with van der Waals surface area (Å²) in [6, 6.07) is 0. The Kier molecular flexibility index (Phi) is 4.49. The van der Waals surface area contributed by atoms with Gasteiger partial charge in [-0.1, -0.05) is 5.16 Å². The van der Waals surface area contributed by atoms with Crippen LogP contribution in [0.25, 0.3) is 0 Å². The van der Waals surface area contributed by atoms with E-state index in [1.54, 1.807) is 6.20 Å². The van der Waals surface area contributed by atoms with E-state index in [4.69, 9.17) is 4.52 Å². The average molecular weight is 197 g/mol. The molecular formula is C6H10Cl2N2O. The molecule has 0 fully saturated rings. The summed E-state index contributed by atoms with van der Waals surface area (Å²) in [6.45, 7) is 1.93. The van der Waals surface area contributed by atoms with E-state index in [-0.39, 0.29) is 24.8 Å². The van der Waals surface area contributed by atoms with Gasteiger partial charge in [0, 0.05) is 25.1 Å². The van der Waals surface area contributed by atoms with Crippen LogP contribution in [0, 0.1) is 0 Å². The second-order valence-electron chi connectivity index (χ2n) is 2.20. The summed E-state index contributed by atoms with van der Waals surface area (Å²) in [5, 5.41) is 6.92. The molecule has 0 spiro atoms. The van der Waals surface area contributed by atoms with Gasteiger partial charge in [-0.2, -0.15) is 0 Å². The van der Waals surface area contributed by atoms with Crippen LogP contribution in [0.15, 0.2) is 10.7 Å². The van der Waals surface area contributed by atoms with Crippen LogP contribution >= 0.6 is 24.8 Å². The summed E-state index contributed by atoms with van der Waals surface area (Å²) in [4.78, 5) is 0. The molecule has 3 nitrogen and oxygen atoms in total. The van der Waals surface area contributed by atoms with Crippen molar-refractivity contribution in [3.05, 3.63) is 17.5 Å². The SMILES string of the molecule is Cl.Cl.c1noc2c1CNCC2. The Morgan fingerprint density at radius 3 is 3.00 bits per heavy atom. The third-order valence-electron chi connectivity index (χ3n) is 1.57. The Morgan fingerprint density at radius 1 is 1.45 bits per heavy atom. The van der Waals surface area contributed by atoms with Crippen molar-refractivity contribution in [3.8, 4) is 0 Å². The maximum absolute atomic E-state index is 4.97. The molecule has 1 aromatic heterocycles. The third-order valence-corrected chi connectivity index (χ3v) is 1.57. The van der Waals surface area contributed by atoms with Gasteiger partial charge in [-0.15, -0.1) is 24.8 Å². The van der Waals surface area contributed by atoms with E-state index in [1.807, 2.05) is 0 Å². The Hall–Kier alpha value is -0.250. The van der Waals surface area contributed by atoms with E-state index in [1.165, 1.54) is 5.56 Å². The molecule has 1 aliphatic rings. The molecule has 64 valence electrons. The zero-order valence-corrected chi connectivity index (χ0v) is 7.50. The maximum atomic E-state index is 4.97. The van der Waals surface area contributed by atoms with Crippen molar-refractivity contribution in [2.75, 3.05) is 6.54 Å². The zero-order chi connectivity index (χ0) is 6.10. The van der Waals surface area contributed by atoms with Crippen molar-refractivity contribution in [1.29, 1.82) is 0 Å². The number of halogens is 2. The van der Waals surface area contributed by atoms with Gasteiger partial charge in [0.1, 0.15) is 5.76 Å². The highest BCUT2D eigenvalue weighted by atomic mass is 35.5. The minimum absolute atomic E-state index is 0. The van der Waals surface area contributed by atoms with Crippen molar-refractivity contribution in [3.63, 3.8) is 0 Å². The highest BCUT2D eigenvalue weighted by Crippen LogP contribution is 2.10. The van der Waals surface area contributed by atoms with Gasteiger partial charge in [0.05, 0.1) is 6.20 Å². The molecule has 0 aromatic carbocycles. The van der Waals surface area contributed by atoms with Crippen molar-refractivity contribution in [2.24, 2.45) is 0 Å². The van der Waals surface area contributed by atoms with Crippen molar-refractivity contribution in [2.45, 2.75) is 13.0 Å². The molecule has 0 radical (unpaired) electrons. The lowest BCUT2D eigenvalue weighted by atomic mass is 10.1. The summed E-state index contributed by atoms with van der Waals surface area (Å²) in [6.07, 6.45) is 2.76. The van der Waals surface area contributed by atoms with E-state index < -0.39 is 0 Å². The fraction of sp³-hybridized carbons (Fsp3) is 0.500. The van der Waals surface area contributed by atoms with Crippen molar-refractivity contribution >= 4 is 24.8 Å². The molecule has 0 unspecified atom stereocenters. The number of rotatable bonds is 0. The number of nitrogens with zero attached hydrogens (tertiary/aromatic N) is 1. The van der Waals surface area contributed by atoms with Gasteiger partial charge in [0.2, 0.25) is 0 Å². The summed E-state index contributed by atoms with van der Waals surface area (Å²) in [5.41, 5.74) is 1.21. The lowest BCUT2D eigenvalue weighted by Crippen LogP contribution is -2.22. The molecule has 1 aliphatic heterocycles. The van der Waals surface area contributed by atoms with Gasteiger partial charge in [-0.05, 0) is 0 Å². The Morgan fingerprint density at radius 2 is 2.27 bits per heavy atom. The normalized spacial score (nSPS) is 14.2. The van der Waals surface area contributed by atoms with Crippen LogP contribution < -0.4 is 5.32 Å². The number of nitrogens with one attached hydrogen (secondary N) is 1. The number of hydrogen-bond acceptors (Lipinski definition) is 3. The van der Waals surface area contributed by atoms with E-state index >= 15 is 0 Å². The molecule has 2 rings (SSSR count). The Balaban J connectivity index is 0.000000500. The molecule has 1 N–H and O–H groups in total. The number of aromatic nitrogens is 1. The third kappa shape index (κ3) is 2.09. The van der Waals surface area contributed by atoms with Crippen LogP contribution in [0.5, 0.6) is 0 Å². The average Bonchev–Trinajstić information content (AvgIpc) is 2.33. The molecule has 0 aliphatic carbocycles. The lowest BCUT2D eigenvalue weighted by molar-refractivity contribution is 0.372. The van der Waals surface area contributed by atoms with E-state index in [9.17, 15) is 0 Å². The second kappa shape index (κ2) is 4.59. The van der Waals surface area contributed by atoms with Crippen molar-refractivity contribution < 1.29 is 4.52 Å². The summed E-state index contributed by atoms with van der Waals surface area (Å²) >= 11 is 0. The molecule has 5 heteroatoms. The fourth-order valence-electron chi connectivity index (χ4n) is 1.06. The van der Waals surface area contributed by atoms with Gasteiger partial charge in [0.25, 0.3) is 0 Å². The van der Waals surface area contributed by atoms with Crippen molar-refractivity contribution in [1.82, 2.24) is 10.5 Å². The van der Waals surface area contributed by atoms with Gasteiger partial charge < -0.3 is 9.84 Å². The van der Waals surface area contributed by atoms with Gasteiger partial charge in [0.15, 0.2) is 0 Å². The number of fused-ring (bicyclic) bond motifs is 1. The first-order valence-corrected chi connectivity index (χ1v) is 3.10. The van der Waals surface area contributed by atoms with Crippen LogP contribution in [-0.2, 0) is 13.0 Å². The molecule has 0 saturated carbocycles. The quantitative estimate of drug-likeness (QED) is 0.678. The minimum atomic E-state index is 0. The zero-order valence-electron chi connectivity index (χ0n) is 5.87. The van der Waals surface area contributed by atoms with E-state index in [0.717, 1.165) is 25.3 Å². The monoisotopic (exact) mass is 196 g/mol. The molecule has 0 bridgehead atoms. The second-order valence-corrected chi connectivity index (χ2v) is 2.20. The summed E-state index contributed by atoms with van der Waals surface area (Å²) in [5.74, 6) is 1.05. The predicted octanol–water partition coefficient (Wildman–Crippen LogP) is 1.16. The lowest BCUT2D eigenvalue weighted by Gasteiger charge is -2.08. The molecule has 0 amide bonds. The van der Waals surface area contributed by atoms with Crippen LogP contribution in [0.4, 0.5) is 0 Å². The largest absolute Gasteiger partial charge is 0.361 e. The van der Waals surface area contributed by atoms with Gasteiger partial charge in [-0.25, -0.2) is 0 Å². The smallest absolute Gasteiger partial charge is 0.142 e. The van der Waals surface area contributed by atoms with Crippen LogP contribution in [0.3, 0.4) is 0 Å². The standard InChI is InChI=1S/C6H8N2O.2ClH/c1-2-7-3-5-4-8-9-6(1)5;;/h4,7H,1-3H2;2*1H. The highest BCUT2D eigenvalue weighted by molar-refractivity contribution is 5.85. The van der Waals surface area contributed by atoms with Gasteiger partial charge >= 0.3 is 0 Å². The fourth-order valence-corrected chi connectivity index (χ4v) is 1.06. The Labute approximate surface area is 77.3 Å². The first kappa shape index (κ1) is 10.8. The molecule has 1 aromatic rings. The molecule has 0 saturated heterocycles. The van der Waals surface area contributed by atoms with E-state index in [2.05, 4.69) is 10.5 Å². The molecule has 2 heterocycles. The van der Waals surface area contributed by atoms with Crippen LogP contribution in [-0.4, -0.2) is 11.7 Å². The van der Waals surface area contributed by atoms with Crippen LogP contribution in [0.2, 0.25) is 0 Å². The Bertz CT molecular complexity index is 194. The maximum Gasteiger partial charge on any atom is 0.142 e. The molecular weight excluding hydrogens is 187 g/mol. The summed E-state index contributed by atoms with van der Waals surface area (Å²) < 4.78 is 4.97. The van der Waals surface area contributed by atoms with Gasteiger partial charge in [-0.3, -0.25) is 0 Å². The minimum Gasteiger partial charge on any atom is -0.361 e. The number of hydrogen-bond donors (Lipinski definition) is 1. The topological polar surface area (TPSA) is 38.1 Å². The highest BCUT2D eigenvalue weighted by Gasteiger charge is 2.11. The van der Waals surface area contributed by atoms with Crippen LogP contribution in [0.1, 0.15) is 11.3 Å². The summed E-state index contributed by atoms with van der Waals surface area (Å²) in [7, 11) is 0. The molecule has 0 atom stereocenters.